The summed E-state index contributed by atoms with van der Waals surface area (Å²) in [5.41, 5.74) is 1.14. The van der Waals surface area contributed by atoms with Gasteiger partial charge in [-0.05, 0) is 36.0 Å². The molecule has 1 aromatic carbocycles. The first-order valence-electron chi connectivity index (χ1n) is 7.45. The summed E-state index contributed by atoms with van der Waals surface area (Å²) in [4.78, 5) is 23.8. The average molecular weight is 337 g/mol. The number of ether oxygens (including phenoxy) is 2. The standard InChI is InChI=1S/C18H21ClO4/c1-11(16(20)22-4)8-14-15(18(14,2)3)17(21)23-10-12-6-5-7-13(19)9-12/h5-9,14-15H,10H2,1-4H3. The lowest BCUT2D eigenvalue weighted by atomic mass is 10.1. The summed E-state index contributed by atoms with van der Waals surface area (Å²) in [5, 5.41) is 0.611. The lowest BCUT2D eigenvalue weighted by Crippen LogP contribution is -2.10. The maximum atomic E-state index is 12.3. The number of halogens is 1. The fraction of sp³-hybridized carbons (Fsp3) is 0.444. The van der Waals surface area contributed by atoms with E-state index < -0.39 is 0 Å². The number of methoxy groups -OCH3 is 1. The van der Waals surface area contributed by atoms with Crippen LogP contribution in [0.4, 0.5) is 0 Å². The second-order valence-electron chi connectivity index (χ2n) is 6.40. The highest BCUT2D eigenvalue weighted by molar-refractivity contribution is 6.30. The van der Waals surface area contributed by atoms with E-state index >= 15 is 0 Å². The summed E-state index contributed by atoms with van der Waals surface area (Å²) in [6, 6.07) is 7.22. The predicted molar refractivity (Wildman–Crippen MR) is 87.8 cm³/mol. The van der Waals surface area contributed by atoms with Gasteiger partial charge in [-0.2, -0.15) is 0 Å². The normalized spacial score (nSPS) is 22.4. The minimum atomic E-state index is -0.376. The molecule has 0 radical (unpaired) electrons. The van der Waals surface area contributed by atoms with Gasteiger partial charge in [0, 0.05) is 10.6 Å². The Morgan fingerprint density at radius 1 is 1.35 bits per heavy atom. The molecule has 0 aromatic heterocycles. The molecule has 23 heavy (non-hydrogen) atoms. The van der Waals surface area contributed by atoms with Gasteiger partial charge in [0.25, 0.3) is 0 Å². The molecule has 0 heterocycles. The zero-order valence-electron chi connectivity index (χ0n) is 13.8. The summed E-state index contributed by atoms with van der Waals surface area (Å²) < 4.78 is 10.1. The van der Waals surface area contributed by atoms with Gasteiger partial charge in [0.05, 0.1) is 13.0 Å². The van der Waals surface area contributed by atoms with Crippen LogP contribution in [0.3, 0.4) is 0 Å². The van der Waals surface area contributed by atoms with Crippen molar-refractivity contribution >= 4 is 23.5 Å². The first kappa shape index (κ1) is 17.5. The number of rotatable bonds is 5. The van der Waals surface area contributed by atoms with Crippen LogP contribution in [0.5, 0.6) is 0 Å². The fourth-order valence-electron chi connectivity index (χ4n) is 2.81. The van der Waals surface area contributed by atoms with E-state index in [1.54, 1.807) is 25.1 Å². The van der Waals surface area contributed by atoms with Crippen molar-refractivity contribution in [2.75, 3.05) is 7.11 Å². The quantitative estimate of drug-likeness (QED) is 0.606. The van der Waals surface area contributed by atoms with E-state index in [4.69, 9.17) is 16.3 Å². The van der Waals surface area contributed by atoms with E-state index in [-0.39, 0.29) is 35.8 Å². The molecule has 2 rings (SSSR count). The fourth-order valence-corrected chi connectivity index (χ4v) is 3.02. The first-order chi connectivity index (χ1) is 10.8. The third-order valence-electron chi connectivity index (χ3n) is 4.37. The third-order valence-corrected chi connectivity index (χ3v) is 4.61. The summed E-state index contributed by atoms with van der Waals surface area (Å²) >= 11 is 5.91. The van der Waals surface area contributed by atoms with Crippen molar-refractivity contribution in [2.45, 2.75) is 27.4 Å². The Balaban J connectivity index is 1.98. The van der Waals surface area contributed by atoms with Gasteiger partial charge in [-0.25, -0.2) is 4.79 Å². The molecular formula is C18H21ClO4. The van der Waals surface area contributed by atoms with E-state index in [1.165, 1.54) is 7.11 Å². The highest BCUT2D eigenvalue weighted by Crippen LogP contribution is 2.59. The Morgan fingerprint density at radius 3 is 2.65 bits per heavy atom. The highest BCUT2D eigenvalue weighted by Gasteiger charge is 2.61. The van der Waals surface area contributed by atoms with E-state index in [1.807, 2.05) is 26.0 Å². The van der Waals surface area contributed by atoms with Crippen molar-refractivity contribution in [3.63, 3.8) is 0 Å². The average Bonchev–Trinajstić information content (AvgIpc) is 3.04. The van der Waals surface area contributed by atoms with E-state index in [9.17, 15) is 9.59 Å². The summed E-state index contributed by atoms with van der Waals surface area (Å²) in [6.07, 6.45) is 1.80. The summed E-state index contributed by atoms with van der Waals surface area (Å²) in [7, 11) is 1.34. The lowest BCUT2D eigenvalue weighted by Gasteiger charge is -2.06. The molecule has 1 aliphatic carbocycles. The second-order valence-corrected chi connectivity index (χ2v) is 6.84. The Hall–Kier alpha value is -1.81. The van der Waals surface area contributed by atoms with Crippen LogP contribution in [0.25, 0.3) is 0 Å². The van der Waals surface area contributed by atoms with E-state index in [2.05, 4.69) is 4.74 Å². The topological polar surface area (TPSA) is 52.6 Å². The zero-order valence-corrected chi connectivity index (χ0v) is 14.5. The number of benzene rings is 1. The minimum Gasteiger partial charge on any atom is -0.466 e. The van der Waals surface area contributed by atoms with Gasteiger partial charge in [-0.15, -0.1) is 0 Å². The molecule has 1 fully saturated rings. The van der Waals surface area contributed by atoms with Crippen LogP contribution in [0.2, 0.25) is 5.02 Å². The number of hydrogen-bond acceptors (Lipinski definition) is 4. The molecule has 0 aliphatic heterocycles. The SMILES string of the molecule is COC(=O)C(C)=CC1C(C(=O)OCc2cccc(Cl)c2)C1(C)C. The maximum Gasteiger partial charge on any atom is 0.333 e. The molecule has 4 nitrogen and oxygen atoms in total. The molecule has 2 atom stereocenters. The molecule has 0 bridgehead atoms. The van der Waals surface area contributed by atoms with Crippen LogP contribution in [-0.4, -0.2) is 19.0 Å². The van der Waals surface area contributed by atoms with Gasteiger partial charge in [0.1, 0.15) is 6.61 Å². The van der Waals surface area contributed by atoms with E-state index in [0.29, 0.717) is 10.6 Å². The number of allylic oxidation sites excluding steroid dienone is 1. The number of hydrogen-bond donors (Lipinski definition) is 0. The minimum absolute atomic E-state index is 0.0199. The Bertz CT molecular complexity index is 648. The Labute approximate surface area is 141 Å². The van der Waals surface area contributed by atoms with Gasteiger partial charge < -0.3 is 9.47 Å². The van der Waals surface area contributed by atoms with Gasteiger partial charge in [-0.3, -0.25) is 4.79 Å². The number of carbonyl (C=O) groups is 2. The number of carbonyl (C=O) groups excluding carboxylic acids is 2. The van der Waals surface area contributed by atoms with Crippen LogP contribution in [0, 0.1) is 17.3 Å². The molecule has 0 N–H and O–H groups in total. The molecule has 0 amide bonds. The van der Waals surface area contributed by atoms with Gasteiger partial charge >= 0.3 is 11.9 Å². The Morgan fingerprint density at radius 2 is 2.04 bits per heavy atom. The molecule has 5 heteroatoms. The van der Waals surface area contributed by atoms with Crippen LogP contribution in [0.1, 0.15) is 26.3 Å². The third kappa shape index (κ3) is 3.94. The smallest absolute Gasteiger partial charge is 0.333 e. The molecule has 2 unspecified atom stereocenters. The van der Waals surface area contributed by atoms with Crippen molar-refractivity contribution in [1.29, 1.82) is 0 Å². The maximum absolute atomic E-state index is 12.3. The van der Waals surface area contributed by atoms with Crippen molar-refractivity contribution in [1.82, 2.24) is 0 Å². The lowest BCUT2D eigenvalue weighted by molar-refractivity contribution is -0.147. The van der Waals surface area contributed by atoms with Crippen LogP contribution >= 0.6 is 11.6 Å². The summed E-state index contributed by atoms with van der Waals surface area (Å²) in [6.45, 7) is 5.86. The first-order valence-corrected chi connectivity index (χ1v) is 7.83. The van der Waals surface area contributed by atoms with Gasteiger partial charge in [0.2, 0.25) is 0 Å². The van der Waals surface area contributed by atoms with Crippen LogP contribution < -0.4 is 0 Å². The predicted octanol–water partition coefficient (Wildman–Crippen LogP) is 3.77. The highest BCUT2D eigenvalue weighted by atomic mass is 35.5. The van der Waals surface area contributed by atoms with Crippen molar-refractivity contribution < 1.29 is 19.1 Å². The molecule has 124 valence electrons. The molecule has 0 spiro atoms. The molecule has 0 saturated heterocycles. The van der Waals surface area contributed by atoms with Crippen LogP contribution in [0.15, 0.2) is 35.9 Å². The monoisotopic (exact) mass is 336 g/mol. The number of esters is 2. The van der Waals surface area contributed by atoms with Gasteiger partial charge in [-0.1, -0.05) is 43.7 Å². The largest absolute Gasteiger partial charge is 0.466 e. The van der Waals surface area contributed by atoms with Crippen molar-refractivity contribution in [3.8, 4) is 0 Å². The van der Waals surface area contributed by atoms with Gasteiger partial charge in [0.15, 0.2) is 0 Å². The second kappa shape index (κ2) is 6.75. The van der Waals surface area contributed by atoms with Crippen molar-refractivity contribution in [3.05, 3.63) is 46.5 Å². The van der Waals surface area contributed by atoms with E-state index in [0.717, 1.165) is 5.56 Å². The molecule has 1 aromatic rings. The Kier molecular flexibility index (Phi) is 5.15. The summed E-state index contributed by atoms with van der Waals surface area (Å²) in [5.74, 6) is -0.901. The molecule has 1 saturated carbocycles. The zero-order chi connectivity index (χ0) is 17.2. The molecular weight excluding hydrogens is 316 g/mol. The van der Waals surface area contributed by atoms with Crippen LogP contribution in [-0.2, 0) is 25.7 Å². The van der Waals surface area contributed by atoms with Crippen molar-refractivity contribution in [2.24, 2.45) is 17.3 Å². The molecule has 1 aliphatic rings.